The molecule has 5 nitrogen and oxygen atoms in total. The van der Waals surface area contributed by atoms with Gasteiger partial charge in [-0.2, -0.15) is 12.6 Å². The molecule has 2 heterocycles. The third-order valence-electron chi connectivity index (χ3n) is 4.10. The van der Waals surface area contributed by atoms with E-state index in [0.29, 0.717) is 12.3 Å². The fourth-order valence-corrected chi connectivity index (χ4v) is 2.99. The maximum absolute atomic E-state index is 12.3. The fourth-order valence-electron chi connectivity index (χ4n) is 2.83. The van der Waals surface area contributed by atoms with Crippen molar-refractivity contribution in [1.82, 2.24) is 14.5 Å². The molecule has 0 saturated carbocycles. The van der Waals surface area contributed by atoms with Gasteiger partial charge in [0.2, 0.25) is 5.91 Å². The van der Waals surface area contributed by atoms with Crippen LogP contribution in [-0.2, 0) is 11.3 Å². The maximum atomic E-state index is 12.3. The molecule has 0 fully saturated rings. The van der Waals surface area contributed by atoms with E-state index in [2.05, 4.69) is 23.4 Å². The van der Waals surface area contributed by atoms with E-state index in [1.54, 1.807) is 4.90 Å². The Balaban J connectivity index is 1.89. The number of hydrogen-bond acceptors (Lipinski definition) is 4. The molecule has 2 atom stereocenters. The summed E-state index contributed by atoms with van der Waals surface area (Å²) in [7, 11) is 0. The first-order valence-corrected chi connectivity index (χ1v) is 8.04. The molecule has 3 rings (SSSR count). The number of hydrogen-bond donors (Lipinski definition) is 2. The van der Waals surface area contributed by atoms with Crippen LogP contribution >= 0.6 is 12.6 Å². The molecule has 0 bridgehead atoms. The summed E-state index contributed by atoms with van der Waals surface area (Å²) in [5.41, 5.74) is 7.86. The van der Waals surface area contributed by atoms with E-state index in [4.69, 9.17) is 10.7 Å². The van der Waals surface area contributed by atoms with Crippen LogP contribution in [0.3, 0.4) is 0 Å². The van der Waals surface area contributed by atoms with Crippen LogP contribution in [0.25, 0.3) is 11.3 Å². The highest BCUT2D eigenvalue weighted by molar-refractivity contribution is 7.80. The third kappa shape index (κ3) is 2.64. The molecule has 6 heteroatoms. The average Bonchev–Trinajstić information content (AvgIpc) is 3.00. The van der Waals surface area contributed by atoms with Crippen LogP contribution < -0.4 is 5.73 Å². The van der Waals surface area contributed by atoms with Gasteiger partial charge in [-0.25, -0.2) is 4.98 Å². The number of carbonyl (C=O) groups is 1. The molecule has 1 aromatic carbocycles. The van der Waals surface area contributed by atoms with Crippen molar-refractivity contribution in [3.63, 3.8) is 0 Å². The minimum absolute atomic E-state index is 0.0574. The van der Waals surface area contributed by atoms with Gasteiger partial charge in [0.15, 0.2) is 0 Å². The van der Waals surface area contributed by atoms with Gasteiger partial charge in [-0.05, 0) is 6.92 Å². The highest BCUT2D eigenvalue weighted by Gasteiger charge is 2.31. The molecular weight excluding hydrogens is 296 g/mol. The van der Waals surface area contributed by atoms with Gasteiger partial charge in [-0.1, -0.05) is 30.3 Å². The first-order valence-electron chi connectivity index (χ1n) is 7.41. The van der Waals surface area contributed by atoms with Crippen molar-refractivity contribution in [1.29, 1.82) is 0 Å². The number of thiol groups is 1. The number of nitrogens with two attached hydrogens (primary N) is 1. The lowest BCUT2D eigenvalue weighted by Gasteiger charge is -2.35. The van der Waals surface area contributed by atoms with E-state index in [1.165, 1.54) is 0 Å². The van der Waals surface area contributed by atoms with Crippen molar-refractivity contribution < 1.29 is 4.79 Å². The van der Waals surface area contributed by atoms with Gasteiger partial charge in [0.05, 0.1) is 17.8 Å². The number of fused-ring (bicyclic) bond motifs is 1. The summed E-state index contributed by atoms with van der Waals surface area (Å²) in [6.07, 6.45) is 2.06. The number of aromatic nitrogens is 2. The number of amides is 1. The van der Waals surface area contributed by atoms with E-state index in [1.807, 2.05) is 37.3 Å². The summed E-state index contributed by atoms with van der Waals surface area (Å²) < 4.78 is 2.13. The molecule has 116 valence electrons. The highest BCUT2D eigenvalue weighted by atomic mass is 32.1. The zero-order valence-electron chi connectivity index (χ0n) is 12.5. The lowest BCUT2D eigenvalue weighted by atomic mass is 10.1. The maximum Gasteiger partial charge on any atom is 0.241 e. The topological polar surface area (TPSA) is 64.2 Å². The van der Waals surface area contributed by atoms with Gasteiger partial charge in [0.25, 0.3) is 0 Å². The van der Waals surface area contributed by atoms with Crippen molar-refractivity contribution in [3.05, 3.63) is 42.4 Å². The van der Waals surface area contributed by atoms with E-state index < -0.39 is 6.04 Å². The van der Waals surface area contributed by atoms with Gasteiger partial charge in [-0.15, -0.1) is 0 Å². The normalized spacial score (nSPS) is 18.9. The van der Waals surface area contributed by atoms with Crippen LogP contribution in [0, 0.1) is 0 Å². The average molecular weight is 316 g/mol. The fraction of sp³-hybridized carbons (Fsp3) is 0.375. The summed E-state index contributed by atoms with van der Waals surface area (Å²) in [6.45, 7) is 3.39. The Bertz CT molecular complexity index is 670. The van der Waals surface area contributed by atoms with Crippen LogP contribution in [0.2, 0.25) is 0 Å². The standard InChI is InChI=1S/C16H20N4OS/c1-11-15-18-14(12-5-3-2-4-6-12)9-19(15)7-8-20(11)16(21)13(17)10-22/h2-6,9,11,13,22H,7-8,10,17H2,1H3/t11-,13+/m1/s1. The monoisotopic (exact) mass is 316 g/mol. The molecule has 1 aliphatic heterocycles. The smallest absolute Gasteiger partial charge is 0.241 e. The van der Waals surface area contributed by atoms with Gasteiger partial charge >= 0.3 is 0 Å². The van der Waals surface area contributed by atoms with E-state index in [9.17, 15) is 4.79 Å². The van der Waals surface area contributed by atoms with Crippen LogP contribution in [0.4, 0.5) is 0 Å². The second-order valence-electron chi connectivity index (χ2n) is 5.54. The number of carbonyl (C=O) groups excluding carboxylic acids is 1. The summed E-state index contributed by atoms with van der Waals surface area (Å²) in [4.78, 5) is 18.9. The highest BCUT2D eigenvalue weighted by Crippen LogP contribution is 2.28. The molecular formula is C16H20N4OS. The first kappa shape index (κ1) is 15.1. The SMILES string of the molecule is C[C@@H]1c2nc(-c3ccccc3)cn2CCN1C(=O)[C@@H](N)CS. The van der Waals surface area contributed by atoms with Crippen molar-refractivity contribution in [3.8, 4) is 11.3 Å². The van der Waals surface area contributed by atoms with Gasteiger partial charge in [0, 0.05) is 30.6 Å². The molecule has 2 aromatic rings. The van der Waals surface area contributed by atoms with E-state index >= 15 is 0 Å². The lowest BCUT2D eigenvalue weighted by Crippen LogP contribution is -2.49. The number of benzene rings is 1. The summed E-state index contributed by atoms with van der Waals surface area (Å²) in [6, 6.07) is 9.43. The van der Waals surface area contributed by atoms with Crippen LogP contribution in [0.1, 0.15) is 18.8 Å². The molecule has 2 N–H and O–H groups in total. The largest absolute Gasteiger partial charge is 0.331 e. The minimum Gasteiger partial charge on any atom is -0.331 e. The zero-order valence-corrected chi connectivity index (χ0v) is 13.4. The number of nitrogens with zero attached hydrogens (tertiary/aromatic N) is 3. The molecule has 1 aliphatic rings. The summed E-state index contributed by atoms with van der Waals surface area (Å²) in [5.74, 6) is 1.20. The van der Waals surface area contributed by atoms with Gasteiger partial charge in [-0.3, -0.25) is 4.79 Å². The van der Waals surface area contributed by atoms with Crippen LogP contribution in [-0.4, -0.2) is 38.7 Å². The predicted molar refractivity (Wildman–Crippen MR) is 89.6 cm³/mol. The van der Waals surface area contributed by atoms with Crippen molar-refractivity contribution in [2.24, 2.45) is 5.73 Å². The molecule has 1 amide bonds. The minimum atomic E-state index is -0.555. The molecule has 1 aromatic heterocycles. The van der Waals surface area contributed by atoms with Crippen molar-refractivity contribution >= 4 is 18.5 Å². The second-order valence-corrected chi connectivity index (χ2v) is 5.91. The molecule has 0 unspecified atom stereocenters. The Morgan fingerprint density at radius 2 is 2.14 bits per heavy atom. The number of imidazole rings is 1. The second kappa shape index (κ2) is 6.14. The predicted octanol–water partition coefficient (Wildman–Crippen LogP) is 1.71. The molecule has 0 radical (unpaired) electrons. The Hall–Kier alpha value is -1.79. The first-order chi connectivity index (χ1) is 10.6. The molecule has 0 aliphatic carbocycles. The Morgan fingerprint density at radius 3 is 2.82 bits per heavy atom. The van der Waals surface area contributed by atoms with Crippen LogP contribution in [0.15, 0.2) is 36.5 Å². The quantitative estimate of drug-likeness (QED) is 0.847. The van der Waals surface area contributed by atoms with Gasteiger partial charge < -0.3 is 15.2 Å². The molecule has 22 heavy (non-hydrogen) atoms. The van der Waals surface area contributed by atoms with Gasteiger partial charge in [0.1, 0.15) is 5.82 Å². The number of rotatable bonds is 3. The zero-order chi connectivity index (χ0) is 15.7. The summed E-state index contributed by atoms with van der Waals surface area (Å²) in [5, 5.41) is 0. The Kier molecular flexibility index (Phi) is 4.22. The summed E-state index contributed by atoms with van der Waals surface area (Å²) >= 11 is 4.12. The molecule has 0 saturated heterocycles. The van der Waals surface area contributed by atoms with E-state index in [-0.39, 0.29) is 11.9 Å². The van der Waals surface area contributed by atoms with Crippen molar-refractivity contribution in [2.75, 3.05) is 12.3 Å². The Morgan fingerprint density at radius 1 is 1.41 bits per heavy atom. The lowest BCUT2D eigenvalue weighted by molar-refractivity contribution is -0.135. The van der Waals surface area contributed by atoms with Crippen LogP contribution in [0.5, 0.6) is 0 Å². The Labute approximate surface area is 135 Å². The third-order valence-corrected chi connectivity index (χ3v) is 4.49. The van der Waals surface area contributed by atoms with E-state index in [0.717, 1.165) is 23.6 Å². The molecule has 0 spiro atoms. The van der Waals surface area contributed by atoms with Crippen molar-refractivity contribution in [2.45, 2.75) is 25.6 Å².